The third-order valence-corrected chi connectivity index (χ3v) is 3.60. The van der Waals surface area contributed by atoms with Crippen molar-refractivity contribution in [1.82, 2.24) is 4.98 Å². The summed E-state index contributed by atoms with van der Waals surface area (Å²) in [6, 6.07) is 3.95. The molecule has 3 rings (SSSR count). The highest BCUT2D eigenvalue weighted by atomic mass is 32.1. The quantitative estimate of drug-likeness (QED) is 0.884. The van der Waals surface area contributed by atoms with Gasteiger partial charge in [0, 0.05) is 18.6 Å². The molecule has 0 saturated heterocycles. The highest BCUT2D eigenvalue weighted by Gasteiger charge is 2.16. The van der Waals surface area contributed by atoms with Crippen molar-refractivity contribution in [2.24, 2.45) is 5.73 Å². The van der Waals surface area contributed by atoms with Gasteiger partial charge in [0.25, 0.3) is 0 Å². The Balaban J connectivity index is 1.99. The van der Waals surface area contributed by atoms with Gasteiger partial charge in [-0.3, -0.25) is 0 Å². The summed E-state index contributed by atoms with van der Waals surface area (Å²) < 4.78 is 11.8. The molecule has 0 radical (unpaired) electrons. The molecular weight excluding hydrogens is 224 g/mol. The van der Waals surface area contributed by atoms with E-state index in [1.54, 1.807) is 11.3 Å². The first-order valence-electron chi connectivity index (χ1n) is 5.26. The van der Waals surface area contributed by atoms with Crippen LogP contribution in [0.2, 0.25) is 0 Å². The number of fused-ring (bicyclic) bond motifs is 2. The average Bonchev–Trinajstić information content (AvgIpc) is 2.87. The number of rotatable bonds is 3. The van der Waals surface area contributed by atoms with Crippen molar-refractivity contribution in [2.75, 3.05) is 13.3 Å². The number of aromatic nitrogens is 1. The summed E-state index contributed by atoms with van der Waals surface area (Å²) in [5.41, 5.74) is 6.47. The van der Waals surface area contributed by atoms with Gasteiger partial charge < -0.3 is 15.2 Å². The minimum atomic E-state index is 0.312. The molecule has 2 aromatic rings. The van der Waals surface area contributed by atoms with E-state index in [9.17, 15) is 0 Å². The van der Waals surface area contributed by atoms with Crippen molar-refractivity contribution in [3.63, 3.8) is 0 Å². The van der Waals surface area contributed by atoms with Crippen LogP contribution >= 0.6 is 11.3 Å². The highest BCUT2D eigenvalue weighted by molar-refractivity contribution is 7.18. The Hall–Kier alpha value is -1.33. The summed E-state index contributed by atoms with van der Waals surface area (Å²) in [5, 5.41) is 1.13. The minimum Gasteiger partial charge on any atom is -0.454 e. The molecule has 0 unspecified atom stereocenters. The third kappa shape index (κ3) is 1.62. The van der Waals surface area contributed by atoms with Crippen LogP contribution in [-0.4, -0.2) is 18.3 Å². The lowest BCUT2D eigenvalue weighted by Gasteiger charge is -1.93. The van der Waals surface area contributed by atoms with Crippen molar-refractivity contribution >= 4 is 21.6 Å². The van der Waals surface area contributed by atoms with Gasteiger partial charge in [0.15, 0.2) is 11.5 Å². The Morgan fingerprint density at radius 2 is 2.12 bits per heavy atom. The molecule has 0 fully saturated rings. The average molecular weight is 236 g/mol. The van der Waals surface area contributed by atoms with E-state index in [4.69, 9.17) is 15.2 Å². The molecule has 1 aromatic heterocycles. The fourth-order valence-corrected chi connectivity index (χ4v) is 2.75. The first-order valence-corrected chi connectivity index (χ1v) is 6.07. The molecule has 4 nitrogen and oxygen atoms in total. The SMILES string of the molecule is NCCCc1nc2cc3c(cc2s1)OCO3. The smallest absolute Gasteiger partial charge is 0.231 e. The van der Waals surface area contributed by atoms with E-state index >= 15 is 0 Å². The van der Waals surface area contributed by atoms with Gasteiger partial charge in [-0.15, -0.1) is 11.3 Å². The minimum absolute atomic E-state index is 0.312. The highest BCUT2D eigenvalue weighted by Crippen LogP contribution is 2.37. The van der Waals surface area contributed by atoms with Crippen LogP contribution in [0.3, 0.4) is 0 Å². The van der Waals surface area contributed by atoms with Crippen molar-refractivity contribution in [2.45, 2.75) is 12.8 Å². The van der Waals surface area contributed by atoms with Crippen molar-refractivity contribution in [3.05, 3.63) is 17.1 Å². The number of aryl methyl sites for hydroxylation is 1. The van der Waals surface area contributed by atoms with E-state index in [1.807, 2.05) is 12.1 Å². The lowest BCUT2D eigenvalue weighted by Crippen LogP contribution is -1.99. The Labute approximate surface area is 97.0 Å². The maximum absolute atomic E-state index is 5.49. The second-order valence-electron chi connectivity index (χ2n) is 3.67. The van der Waals surface area contributed by atoms with Crippen molar-refractivity contribution in [3.8, 4) is 11.5 Å². The second kappa shape index (κ2) is 3.92. The molecule has 0 spiro atoms. The summed E-state index contributed by atoms with van der Waals surface area (Å²) in [5.74, 6) is 1.62. The number of hydrogen-bond donors (Lipinski definition) is 1. The van der Waals surface area contributed by atoms with Crippen molar-refractivity contribution < 1.29 is 9.47 Å². The van der Waals surface area contributed by atoms with Gasteiger partial charge >= 0.3 is 0 Å². The van der Waals surface area contributed by atoms with Crippen LogP contribution in [0.25, 0.3) is 10.2 Å². The molecule has 0 atom stereocenters. The zero-order valence-corrected chi connectivity index (χ0v) is 9.55. The molecule has 5 heteroatoms. The maximum Gasteiger partial charge on any atom is 0.231 e. The molecule has 1 aliphatic heterocycles. The van der Waals surface area contributed by atoms with E-state index in [1.165, 1.54) is 0 Å². The first-order chi connectivity index (χ1) is 7.86. The Morgan fingerprint density at radius 3 is 2.94 bits per heavy atom. The Morgan fingerprint density at radius 1 is 1.31 bits per heavy atom. The summed E-state index contributed by atoms with van der Waals surface area (Å²) in [6.45, 7) is 1.02. The summed E-state index contributed by atoms with van der Waals surface area (Å²) >= 11 is 1.70. The molecule has 1 aliphatic rings. The van der Waals surface area contributed by atoms with Gasteiger partial charge in [0.05, 0.1) is 15.2 Å². The van der Waals surface area contributed by atoms with Gasteiger partial charge in [0.2, 0.25) is 6.79 Å². The lowest BCUT2D eigenvalue weighted by molar-refractivity contribution is 0.174. The molecule has 2 N–H and O–H groups in total. The summed E-state index contributed by atoms with van der Waals surface area (Å²) in [6.07, 6.45) is 1.93. The van der Waals surface area contributed by atoms with Crippen LogP contribution in [0.1, 0.15) is 11.4 Å². The van der Waals surface area contributed by atoms with Crippen LogP contribution < -0.4 is 15.2 Å². The van der Waals surface area contributed by atoms with E-state index in [2.05, 4.69) is 4.98 Å². The van der Waals surface area contributed by atoms with Gasteiger partial charge in [0.1, 0.15) is 0 Å². The molecular formula is C11H12N2O2S. The van der Waals surface area contributed by atoms with Crippen LogP contribution in [0, 0.1) is 0 Å². The topological polar surface area (TPSA) is 57.4 Å². The molecule has 16 heavy (non-hydrogen) atoms. The molecule has 0 aliphatic carbocycles. The van der Waals surface area contributed by atoms with Crippen LogP contribution in [0.5, 0.6) is 11.5 Å². The number of nitrogens with two attached hydrogens (primary N) is 1. The predicted octanol–water partition coefficient (Wildman–Crippen LogP) is 1.92. The normalized spacial score (nSPS) is 13.6. The molecule has 2 heterocycles. The maximum atomic E-state index is 5.49. The fraction of sp³-hybridized carbons (Fsp3) is 0.364. The molecule has 84 valence electrons. The largest absolute Gasteiger partial charge is 0.454 e. The Bertz CT molecular complexity index is 483. The second-order valence-corrected chi connectivity index (χ2v) is 4.79. The Kier molecular flexibility index (Phi) is 2.41. The first kappa shape index (κ1) is 9.86. The number of benzene rings is 1. The van der Waals surface area contributed by atoms with Gasteiger partial charge in [-0.1, -0.05) is 0 Å². The standard InChI is InChI=1S/C11H12N2O2S/c12-3-1-2-11-13-7-4-8-9(15-6-14-8)5-10(7)16-11/h4-5H,1-3,6,12H2. The monoisotopic (exact) mass is 236 g/mol. The fourth-order valence-electron chi connectivity index (χ4n) is 1.73. The van der Waals surface area contributed by atoms with Gasteiger partial charge in [-0.05, 0) is 13.0 Å². The third-order valence-electron chi connectivity index (χ3n) is 2.52. The molecule has 0 bridgehead atoms. The summed E-state index contributed by atoms with van der Waals surface area (Å²) in [4.78, 5) is 4.56. The van der Waals surface area contributed by atoms with E-state index in [0.29, 0.717) is 13.3 Å². The molecule has 1 aromatic carbocycles. The number of nitrogens with zero attached hydrogens (tertiary/aromatic N) is 1. The predicted molar refractivity (Wildman–Crippen MR) is 63.1 cm³/mol. The van der Waals surface area contributed by atoms with E-state index in [0.717, 1.165) is 39.6 Å². The number of thiazole rings is 1. The zero-order valence-electron chi connectivity index (χ0n) is 8.73. The zero-order chi connectivity index (χ0) is 11.0. The van der Waals surface area contributed by atoms with Crippen LogP contribution in [-0.2, 0) is 6.42 Å². The van der Waals surface area contributed by atoms with Crippen molar-refractivity contribution in [1.29, 1.82) is 0 Å². The van der Waals surface area contributed by atoms with E-state index < -0.39 is 0 Å². The van der Waals surface area contributed by atoms with E-state index in [-0.39, 0.29) is 0 Å². The number of ether oxygens (including phenoxy) is 2. The van der Waals surface area contributed by atoms with Crippen LogP contribution in [0.4, 0.5) is 0 Å². The molecule has 0 saturated carbocycles. The van der Waals surface area contributed by atoms with Gasteiger partial charge in [-0.25, -0.2) is 4.98 Å². The lowest BCUT2D eigenvalue weighted by atomic mass is 10.3. The van der Waals surface area contributed by atoms with Crippen LogP contribution in [0.15, 0.2) is 12.1 Å². The summed E-state index contributed by atoms with van der Waals surface area (Å²) in [7, 11) is 0. The van der Waals surface area contributed by atoms with Gasteiger partial charge in [-0.2, -0.15) is 0 Å². The number of hydrogen-bond acceptors (Lipinski definition) is 5. The molecule has 0 amide bonds.